The van der Waals surface area contributed by atoms with E-state index in [1.807, 2.05) is 20.0 Å². The lowest BCUT2D eigenvalue weighted by molar-refractivity contribution is 0.247. The van der Waals surface area contributed by atoms with Crippen molar-refractivity contribution < 1.29 is 17.7 Å². The van der Waals surface area contributed by atoms with E-state index in [9.17, 15) is 0 Å². The topological polar surface area (TPSA) is 84.5 Å². The maximum Gasteiger partial charge on any atom is 0.334 e. The van der Waals surface area contributed by atoms with Gasteiger partial charge in [0.15, 0.2) is 0 Å². The van der Waals surface area contributed by atoms with E-state index >= 15 is 0 Å². The Morgan fingerprint density at radius 3 is 1.65 bits per heavy atom. The predicted octanol–water partition coefficient (Wildman–Crippen LogP) is 3.56. The van der Waals surface area contributed by atoms with Gasteiger partial charge in [-0.15, -0.1) is 0 Å². The van der Waals surface area contributed by atoms with Crippen LogP contribution in [0.25, 0.3) is 0 Å². The van der Waals surface area contributed by atoms with Crippen molar-refractivity contribution in [3.63, 3.8) is 0 Å². The Kier molecular flexibility index (Phi) is 14.6. The van der Waals surface area contributed by atoms with Crippen LogP contribution in [0.15, 0.2) is 0 Å². The number of unbranched alkanes of at least 4 members (excludes halogenated alkanes) is 1. The minimum Gasteiger partial charge on any atom is -0.398 e. The van der Waals surface area contributed by atoms with Gasteiger partial charge in [0.25, 0.3) is 0 Å². The third kappa shape index (κ3) is 12.4. The summed E-state index contributed by atoms with van der Waals surface area (Å²) in [6.07, 6.45) is 2.33. The molecule has 0 aromatic carbocycles. The Hall–Kier alpha value is -0.746. The molecule has 0 radical (unpaired) electrons. The molecule has 0 saturated carbocycles. The minimum absolute atomic E-state index is 0.0992. The molecule has 134 valence electrons. The molecule has 0 aliphatic rings. The first-order chi connectivity index (χ1) is 10.8. The summed E-state index contributed by atoms with van der Waals surface area (Å²) in [5.41, 5.74) is 0. The largest absolute Gasteiger partial charge is 0.398 e. The lowest BCUT2D eigenvalue weighted by Crippen LogP contribution is -2.36. The van der Waals surface area contributed by atoms with Crippen LogP contribution in [0, 0.1) is 28.6 Å². The monoisotopic (exact) mass is 360 g/mol. The molecule has 0 fully saturated rings. The van der Waals surface area contributed by atoms with Gasteiger partial charge >= 0.3 is 17.1 Å². The van der Waals surface area contributed by atoms with E-state index in [2.05, 4.69) is 12.1 Å². The van der Waals surface area contributed by atoms with Crippen LogP contribution in [-0.2, 0) is 17.7 Å². The molecule has 0 aromatic rings. The van der Waals surface area contributed by atoms with Crippen molar-refractivity contribution in [3.8, 4) is 12.1 Å². The molecule has 0 bridgehead atoms. The van der Waals surface area contributed by atoms with E-state index < -0.39 is 17.1 Å². The molecular weight excluding hydrogens is 328 g/mol. The second-order valence-electron chi connectivity index (χ2n) is 5.66. The third-order valence-corrected chi connectivity index (χ3v) is 9.81. The van der Waals surface area contributed by atoms with Gasteiger partial charge in [-0.2, -0.15) is 10.5 Å². The van der Waals surface area contributed by atoms with E-state index in [0.717, 1.165) is 24.9 Å². The van der Waals surface area contributed by atoms with Crippen LogP contribution in [0.4, 0.5) is 0 Å². The van der Waals surface area contributed by atoms with Gasteiger partial charge in [0.1, 0.15) is 0 Å². The fraction of sp³-hybridized carbons (Fsp3) is 0.867. The van der Waals surface area contributed by atoms with Crippen LogP contribution in [-0.4, -0.2) is 45.6 Å². The molecule has 6 nitrogen and oxygen atoms in total. The number of rotatable bonds is 10. The van der Waals surface area contributed by atoms with Gasteiger partial charge < -0.3 is 17.7 Å². The van der Waals surface area contributed by atoms with E-state index in [0.29, 0.717) is 6.42 Å². The zero-order valence-electron chi connectivity index (χ0n) is 15.6. The number of hydrogen-bond acceptors (Lipinski definition) is 6. The van der Waals surface area contributed by atoms with Gasteiger partial charge in [-0.3, -0.25) is 0 Å². The summed E-state index contributed by atoms with van der Waals surface area (Å²) in [5, 5.41) is 16.9. The molecule has 0 aliphatic heterocycles. The van der Waals surface area contributed by atoms with Gasteiger partial charge in [-0.25, -0.2) is 0 Å². The van der Waals surface area contributed by atoms with Crippen molar-refractivity contribution in [1.82, 2.24) is 0 Å². The molecule has 1 unspecified atom stereocenters. The fourth-order valence-corrected chi connectivity index (χ4v) is 4.53. The third-order valence-electron chi connectivity index (χ3n) is 3.90. The molecule has 0 N–H and O–H groups in total. The van der Waals surface area contributed by atoms with Gasteiger partial charge in [-0.1, -0.05) is 0 Å². The summed E-state index contributed by atoms with van der Waals surface area (Å²) < 4.78 is 21.1. The molecule has 0 saturated heterocycles. The molecule has 23 heavy (non-hydrogen) atoms. The zero-order chi connectivity index (χ0) is 18.4. The highest BCUT2D eigenvalue weighted by atomic mass is 28.4. The summed E-state index contributed by atoms with van der Waals surface area (Å²) in [5.74, 6) is 0.0992. The molecule has 0 amide bonds. The number of hydrogen-bond donors (Lipinski definition) is 0. The molecule has 0 aliphatic carbocycles. The van der Waals surface area contributed by atoms with Crippen molar-refractivity contribution in [2.45, 2.75) is 51.4 Å². The maximum atomic E-state index is 8.56. The second kappa shape index (κ2) is 13.7. The Labute approximate surface area is 143 Å². The van der Waals surface area contributed by atoms with Gasteiger partial charge in [0, 0.05) is 40.8 Å². The average Bonchev–Trinajstić information content (AvgIpc) is 2.59. The minimum atomic E-state index is -1.93. The normalized spacial score (nSPS) is 12.6. The number of nitrogens with zero attached hydrogens (tertiary/aromatic N) is 2. The van der Waals surface area contributed by atoms with E-state index in [1.54, 1.807) is 28.4 Å². The van der Waals surface area contributed by atoms with Crippen molar-refractivity contribution in [2.75, 3.05) is 28.4 Å². The van der Waals surface area contributed by atoms with E-state index in [4.69, 9.17) is 28.2 Å². The van der Waals surface area contributed by atoms with E-state index in [-0.39, 0.29) is 5.92 Å². The van der Waals surface area contributed by atoms with Crippen LogP contribution >= 0.6 is 0 Å². The standard InChI is InChI=1S/C8H17NO2Si.C7H15NO2Si/c1-8(7-9)5-6-12(4,10-2)11-3;1-9-11(3,10-2)7-5-4-6-8/h8H,5-6H2,1-4H3;4-5,7H2,1-3H3. The second-order valence-corrected chi connectivity index (χ2v) is 12.8. The molecule has 0 heterocycles. The molecule has 1 atom stereocenters. The number of nitriles is 2. The summed E-state index contributed by atoms with van der Waals surface area (Å²) in [6.45, 7) is 5.93. The Morgan fingerprint density at radius 2 is 1.30 bits per heavy atom. The highest BCUT2D eigenvalue weighted by Crippen LogP contribution is 2.17. The smallest absolute Gasteiger partial charge is 0.334 e. The molecule has 0 spiro atoms. The van der Waals surface area contributed by atoms with Crippen LogP contribution in [0.1, 0.15) is 26.2 Å². The van der Waals surface area contributed by atoms with Crippen molar-refractivity contribution >= 4 is 17.1 Å². The van der Waals surface area contributed by atoms with Crippen molar-refractivity contribution in [3.05, 3.63) is 0 Å². The van der Waals surface area contributed by atoms with Crippen molar-refractivity contribution in [2.24, 2.45) is 5.92 Å². The van der Waals surface area contributed by atoms with Gasteiger partial charge in [0.05, 0.1) is 12.1 Å². The van der Waals surface area contributed by atoms with Gasteiger partial charge in [-0.05, 0) is 44.9 Å². The quantitative estimate of drug-likeness (QED) is 0.437. The lowest BCUT2D eigenvalue weighted by atomic mass is 10.1. The molecule has 0 rings (SSSR count). The van der Waals surface area contributed by atoms with Crippen LogP contribution in [0.2, 0.25) is 25.2 Å². The summed E-state index contributed by atoms with van der Waals surface area (Å²) in [4.78, 5) is 0. The predicted molar refractivity (Wildman–Crippen MR) is 95.1 cm³/mol. The first-order valence-corrected chi connectivity index (χ1v) is 12.8. The van der Waals surface area contributed by atoms with Crippen molar-refractivity contribution in [1.29, 1.82) is 10.5 Å². The first kappa shape index (κ1) is 24.5. The lowest BCUT2D eigenvalue weighted by Gasteiger charge is -2.22. The maximum absolute atomic E-state index is 8.56. The van der Waals surface area contributed by atoms with Crippen LogP contribution in [0.3, 0.4) is 0 Å². The van der Waals surface area contributed by atoms with Crippen LogP contribution in [0.5, 0.6) is 0 Å². The Morgan fingerprint density at radius 1 is 0.870 bits per heavy atom. The molecular formula is C15H32N2O4Si2. The highest BCUT2D eigenvalue weighted by molar-refractivity contribution is 6.66. The Bertz CT molecular complexity index is 375. The molecule has 8 heteroatoms. The summed E-state index contributed by atoms with van der Waals surface area (Å²) in [6, 6.07) is 6.08. The fourth-order valence-electron chi connectivity index (χ4n) is 1.61. The SMILES string of the molecule is CO[Si](C)(CCC(C)C#N)OC.CO[Si](C)(CCCC#N)OC. The zero-order valence-corrected chi connectivity index (χ0v) is 17.6. The highest BCUT2D eigenvalue weighted by Gasteiger charge is 2.28. The van der Waals surface area contributed by atoms with Crippen LogP contribution < -0.4 is 0 Å². The average molecular weight is 361 g/mol. The molecule has 0 aromatic heterocycles. The summed E-state index contributed by atoms with van der Waals surface area (Å²) in [7, 11) is 2.87. The Balaban J connectivity index is 0. The summed E-state index contributed by atoms with van der Waals surface area (Å²) >= 11 is 0. The van der Waals surface area contributed by atoms with E-state index in [1.165, 1.54) is 0 Å². The first-order valence-electron chi connectivity index (χ1n) is 7.73. The van der Waals surface area contributed by atoms with Gasteiger partial charge in [0.2, 0.25) is 0 Å².